The average Bonchev–Trinajstić information content (AvgIpc) is 2.94. The first-order chi connectivity index (χ1) is 9.76. The summed E-state index contributed by atoms with van der Waals surface area (Å²) in [6.45, 7) is 0.557. The number of rotatable bonds is 3. The van der Waals surface area contributed by atoms with E-state index in [1.165, 1.54) is 4.57 Å². The van der Waals surface area contributed by atoms with Crippen LogP contribution in [0.2, 0.25) is 0 Å². The summed E-state index contributed by atoms with van der Waals surface area (Å²) in [5.41, 5.74) is 9.94. The predicted octanol–water partition coefficient (Wildman–Crippen LogP) is 2.10. The van der Waals surface area contributed by atoms with Crippen molar-refractivity contribution in [1.82, 2.24) is 20.0 Å². The number of nitrogens with zero attached hydrogens (tertiary/aromatic N) is 4. The first-order valence-electron chi connectivity index (χ1n) is 6.21. The van der Waals surface area contributed by atoms with Crippen LogP contribution in [-0.4, -0.2) is 20.0 Å². The van der Waals surface area contributed by atoms with Crippen molar-refractivity contribution in [2.45, 2.75) is 6.54 Å². The molecule has 1 unspecified atom stereocenters. The molecule has 100 valence electrons. The zero-order chi connectivity index (χ0) is 13.9. The van der Waals surface area contributed by atoms with E-state index in [0.717, 1.165) is 22.3 Å². The minimum absolute atomic E-state index is 0.557. The Morgan fingerprint density at radius 2 is 1.75 bits per heavy atom. The van der Waals surface area contributed by atoms with Crippen LogP contribution in [0.15, 0.2) is 48.5 Å². The molecule has 0 bridgehead atoms. The standard InChI is InChI=1S/C14H14N5P/c15-9-10-4-6-11(7-5-10)12-2-1-3-13(8-12)14-16-18-19(20)17-14/h1-8H,9,15,20H2. The van der Waals surface area contributed by atoms with Gasteiger partial charge >= 0.3 is 0 Å². The number of hydrogen-bond acceptors (Lipinski definition) is 4. The second-order valence-corrected chi connectivity index (χ2v) is 4.88. The second-order valence-electron chi connectivity index (χ2n) is 4.42. The summed E-state index contributed by atoms with van der Waals surface area (Å²) in [5.74, 6) is 0.612. The fourth-order valence-electron chi connectivity index (χ4n) is 2.01. The quantitative estimate of drug-likeness (QED) is 0.747. The lowest BCUT2D eigenvalue weighted by molar-refractivity contribution is 0.818. The first kappa shape index (κ1) is 12.9. The van der Waals surface area contributed by atoms with E-state index in [4.69, 9.17) is 5.73 Å². The van der Waals surface area contributed by atoms with Crippen LogP contribution in [0.25, 0.3) is 22.5 Å². The van der Waals surface area contributed by atoms with Crippen LogP contribution in [-0.2, 0) is 6.54 Å². The maximum Gasteiger partial charge on any atom is 0.205 e. The van der Waals surface area contributed by atoms with Gasteiger partial charge in [0.15, 0.2) is 0 Å². The van der Waals surface area contributed by atoms with Crippen molar-refractivity contribution < 1.29 is 0 Å². The molecule has 1 heterocycles. The summed E-state index contributed by atoms with van der Waals surface area (Å²) in [6, 6.07) is 16.3. The van der Waals surface area contributed by atoms with Crippen LogP contribution in [0, 0.1) is 0 Å². The van der Waals surface area contributed by atoms with E-state index in [9.17, 15) is 0 Å². The van der Waals surface area contributed by atoms with Crippen molar-refractivity contribution in [2.24, 2.45) is 5.73 Å². The van der Waals surface area contributed by atoms with E-state index in [-0.39, 0.29) is 0 Å². The highest BCUT2D eigenvalue weighted by molar-refractivity contribution is 7.14. The Labute approximate surface area is 119 Å². The number of hydrogen-bond donors (Lipinski definition) is 1. The lowest BCUT2D eigenvalue weighted by Gasteiger charge is -2.04. The number of nitrogens with two attached hydrogens (primary N) is 1. The third-order valence-corrected chi connectivity index (χ3v) is 3.29. The predicted molar refractivity (Wildman–Crippen MR) is 81.7 cm³/mol. The topological polar surface area (TPSA) is 69.6 Å². The minimum Gasteiger partial charge on any atom is -0.326 e. The molecule has 1 aromatic heterocycles. The van der Waals surface area contributed by atoms with Gasteiger partial charge in [-0.1, -0.05) is 42.5 Å². The molecular formula is C14H14N5P. The highest BCUT2D eigenvalue weighted by atomic mass is 31.0. The lowest BCUT2D eigenvalue weighted by atomic mass is 10.0. The lowest BCUT2D eigenvalue weighted by Crippen LogP contribution is -1.95. The molecular weight excluding hydrogens is 269 g/mol. The van der Waals surface area contributed by atoms with Gasteiger partial charge in [0.05, 0.1) is 0 Å². The summed E-state index contributed by atoms with van der Waals surface area (Å²) in [6.07, 6.45) is 0. The molecule has 5 nitrogen and oxygen atoms in total. The molecule has 0 saturated carbocycles. The van der Waals surface area contributed by atoms with Crippen LogP contribution in [0.3, 0.4) is 0 Å². The molecule has 3 rings (SSSR count). The van der Waals surface area contributed by atoms with Crippen molar-refractivity contribution in [3.63, 3.8) is 0 Å². The summed E-state index contributed by atoms with van der Waals surface area (Å²) in [7, 11) is 2.37. The van der Waals surface area contributed by atoms with Gasteiger partial charge in [0.1, 0.15) is 0 Å². The Morgan fingerprint density at radius 1 is 1.00 bits per heavy atom. The summed E-state index contributed by atoms with van der Waals surface area (Å²) in [4.78, 5) is 0. The molecule has 0 saturated heterocycles. The monoisotopic (exact) mass is 283 g/mol. The largest absolute Gasteiger partial charge is 0.326 e. The molecule has 0 aliphatic rings. The summed E-state index contributed by atoms with van der Waals surface area (Å²) < 4.78 is 1.37. The summed E-state index contributed by atoms with van der Waals surface area (Å²) >= 11 is 0. The molecule has 6 heteroatoms. The maximum atomic E-state index is 5.61. The Morgan fingerprint density at radius 3 is 2.40 bits per heavy atom. The van der Waals surface area contributed by atoms with Gasteiger partial charge in [0, 0.05) is 21.5 Å². The average molecular weight is 283 g/mol. The minimum atomic E-state index is 0.557. The normalized spacial score (nSPS) is 10.7. The third-order valence-electron chi connectivity index (χ3n) is 3.07. The van der Waals surface area contributed by atoms with E-state index >= 15 is 0 Å². The first-order valence-corrected chi connectivity index (χ1v) is 6.73. The van der Waals surface area contributed by atoms with Crippen LogP contribution in [0.4, 0.5) is 0 Å². The Balaban J connectivity index is 1.98. The zero-order valence-corrected chi connectivity index (χ0v) is 11.9. The zero-order valence-electron chi connectivity index (χ0n) is 10.8. The van der Waals surface area contributed by atoms with Gasteiger partial charge in [0.25, 0.3) is 0 Å². The van der Waals surface area contributed by atoms with E-state index < -0.39 is 0 Å². The molecule has 0 fully saturated rings. The van der Waals surface area contributed by atoms with E-state index in [1.807, 2.05) is 24.3 Å². The van der Waals surface area contributed by atoms with Gasteiger partial charge < -0.3 is 5.73 Å². The van der Waals surface area contributed by atoms with Crippen LogP contribution in [0.1, 0.15) is 5.56 Å². The van der Waals surface area contributed by atoms with E-state index in [1.54, 1.807) is 0 Å². The van der Waals surface area contributed by atoms with Gasteiger partial charge in [-0.15, -0.1) is 10.2 Å². The SMILES string of the molecule is NCc1ccc(-c2cccc(-c3nnn(P)n3)c2)cc1. The van der Waals surface area contributed by atoms with Crippen molar-refractivity contribution in [2.75, 3.05) is 0 Å². The molecule has 0 radical (unpaired) electrons. The molecule has 0 aliphatic carbocycles. The van der Waals surface area contributed by atoms with Crippen molar-refractivity contribution in [1.29, 1.82) is 0 Å². The molecule has 2 aromatic carbocycles. The third kappa shape index (κ3) is 2.59. The molecule has 20 heavy (non-hydrogen) atoms. The highest BCUT2D eigenvalue weighted by Crippen LogP contribution is 2.24. The fraction of sp³-hybridized carbons (Fsp3) is 0.0714. The maximum absolute atomic E-state index is 5.61. The van der Waals surface area contributed by atoms with E-state index in [2.05, 4.69) is 49.1 Å². The molecule has 1 atom stereocenters. The highest BCUT2D eigenvalue weighted by Gasteiger charge is 2.06. The number of benzene rings is 2. The van der Waals surface area contributed by atoms with Crippen molar-refractivity contribution >= 4 is 9.39 Å². The van der Waals surface area contributed by atoms with Gasteiger partial charge in [0.2, 0.25) is 5.82 Å². The van der Waals surface area contributed by atoms with Gasteiger partial charge in [-0.3, -0.25) is 0 Å². The van der Waals surface area contributed by atoms with Crippen molar-refractivity contribution in [3.05, 3.63) is 54.1 Å². The molecule has 3 aromatic rings. The number of tetrazole rings is 1. The summed E-state index contributed by atoms with van der Waals surface area (Å²) in [5, 5.41) is 12.0. The molecule has 0 amide bonds. The fourth-order valence-corrected chi connectivity index (χ4v) is 2.17. The number of aromatic nitrogens is 4. The van der Waals surface area contributed by atoms with Gasteiger partial charge in [-0.2, -0.15) is 4.57 Å². The smallest absolute Gasteiger partial charge is 0.205 e. The molecule has 0 spiro atoms. The second kappa shape index (κ2) is 5.49. The Bertz CT molecular complexity index is 720. The van der Waals surface area contributed by atoms with Crippen LogP contribution in [0.5, 0.6) is 0 Å². The Kier molecular flexibility index (Phi) is 3.54. The van der Waals surface area contributed by atoms with Crippen LogP contribution >= 0.6 is 9.39 Å². The Hall–Kier alpha value is -2.10. The van der Waals surface area contributed by atoms with Crippen molar-refractivity contribution in [3.8, 4) is 22.5 Å². The van der Waals surface area contributed by atoms with Gasteiger partial charge in [-0.25, -0.2) is 0 Å². The van der Waals surface area contributed by atoms with Gasteiger partial charge in [-0.05, 0) is 28.0 Å². The van der Waals surface area contributed by atoms with Crippen LogP contribution < -0.4 is 5.73 Å². The molecule has 2 N–H and O–H groups in total. The molecule has 0 aliphatic heterocycles. The van der Waals surface area contributed by atoms with E-state index in [0.29, 0.717) is 12.4 Å².